The Labute approximate surface area is 71.0 Å². The summed E-state index contributed by atoms with van der Waals surface area (Å²) in [4.78, 5) is 10.1. The molecule has 0 aliphatic heterocycles. The van der Waals surface area contributed by atoms with E-state index in [1.807, 2.05) is 30.3 Å². The van der Waals surface area contributed by atoms with Gasteiger partial charge in [-0.1, -0.05) is 35.5 Å². The lowest BCUT2D eigenvalue weighted by atomic mass is 10.1. The van der Waals surface area contributed by atoms with Gasteiger partial charge in [-0.25, -0.2) is 0 Å². The third kappa shape index (κ3) is 2.43. The molecule has 1 aromatic carbocycles. The highest BCUT2D eigenvalue weighted by atomic mass is 16.3. The summed E-state index contributed by atoms with van der Waals surface area (Å²) < 4.78 is 0. The Hall–Kier alpha value is -1.22. The zero-order valence-corrected chi connectivity index (χ0v) is 6.68. The third-order valence-electron chi connectivity index (χ3n) is 1.67. The molecular weight excluding hydrogens is 154 g/mol. The van der Waals surface area contributed by atoms with Crippen molar-refractivity contribution < 1.29 is 5.11 Å². The number of nitroso groups, excluding NO2 is 1. The van der Waals surface area contributed by atoms with Gasteiger partial charge in [-0.2, -0.15) is 4.91 Å². The first kappa shape index (κ1) is 8.87. The number of hydrogen-bond donors (Lipinski definition) is 1. The molecular formula is C9H11NO2. The molecule has 0 unspecified atom stereocenters. The molecule has 0 bridgehead atoms. The van der Waals surface area contributed by atoms with E-state index in [9.17, 15) is 4.91 Å². The van der Waals surface area contributed by atoms with Crippen LogP contribution in [-0.4, -0.2) is 17.8 Å². The molecule has 0 fully saturated rings. The van der Waals surface area contributed by atoms with E-state index in [0.717, 1.165) is 5.56 Å². The van der Waals surface area contributed by atoms with Crippen LogP contribution in [0.3, 0.4) is 0 Å². The summed E-state index contributed by atoms with van der Waals surface area (Å²) in [6.45, 7) is -0.182. The molecule has 0 spiro atoms. The van der Waals surface area contributed by atoms with Gasteiger partial charge in [-0.3, -0.25) is 0 Å². The lowest BCUT2D eigenvalue weighted by Crippen LogP contribution is -2.12. The standard InChI is InChI=1S/C9H11NO2/c11-7-9(10-12)6-8-4-2-1-3-5-8/h1-5,9,11H,6-7H2/t9-/m0/s1. The molecule has 0 saturated carbocycles. The van der Waals surface area contributed by atoms with Crippen molar-refractivity contribution in [1.82, 2.24) is 0 Å². The Bertz CT molecular complexity index is 236. The van der Waals surface area contributed by atoms with Crippen molar-refractivity contribution in [1.29, 1.82) is 0 Å². The van der Waals surface area contributed by atoms with Crippen LogP contribution in [0.2, 0.25) is 0 Å². The molecule has 3 nitrogen and oxygen atoms in total. The Morgan fingerprint density at radius 3 is 2.50 bits per heavy atom. The van der Waals surface area contributed by atoms with Crippen LogP contribution in [0.4, 0.5) is 0 Å². The molecule has 3 heteroatoms. The fraction of sp³-hybridized carbons (Fsp3) is 0.333. The van der Waals surface area contributed by atoms with Gasteiger partial charge in [0.1, 0.15) is 6.04 Å². The molecule has 0 aliphatic rings. The van der Waals surface area contributed by atoms with Gasteiger partial charge < -0.3 is 5.11 Å². The van der Waals surface area contributed by atoms with Crippen LogP contribution in [0.15, 0.2) is 35.5 Å². The zero-order chi connectivity index (χ0) is 8.81. The fourth-order valence-electron chi connectivity index (χ4n) is 1.02. The molecule has 0 saturated heterocycles. The number of nitrogens with zero attached hydrogens (tertiary/aromatic N) is 1. The molecule has 64 valence electrons. The van der Waals surface area contributed by atoms with E-state index in [1.54, 1.807) is 0 Å². The molecule has 0 radical (unpaired) electrons. The molecule has 1 aromatic rings. The second kappa shape index (κ2) is 4.62. The Morgan fingerprint density at radius 2 is 2.00 bits per heavy atom. The van der Waals surface area contributed by atoms with Crippen molar-refractivity contribution in [3.8, 4) is 0 Å². The van der Waals surface area contributed by atoms with E-state index in [-0.39, 0.29) is 6.61 Å². The van der Waals surface area contributed by atoms with Crippen LogP contribution in [0.1, 0.15) is 5.56 Å². The molecule has 12 heavy (non-hydrogen) atoms. The summed E-state index contributed by atoms with van der Waals surface area (Å²) >= 11 is 0. The van der Waals surface area contributed by atoms with E-state index in [0.29, 0.717) is 6.42 Å². The molecule has 0 amide bonds. The van der Waals surface area contributed by atoms with E-state index >= 15 is 0 Å². The summed E-state index contributed by atoms with van der Waals surface area (Å²) in [5, 5.41) is 11.5. The van der Waals surface area contributed by atoms with Crippen molar-refractivity contribution >= 4 is 0 Å². The Kier molecular flexibility index (Phi) is 3.41. The van der Waals surface area contributed by atoms with Crippen molar-refractivity contribution in [2.45, 2.75) is 12.5 Å². The summed E-state index contributed by atoms with van der Waals surface area (Å²) in [5.41, 5.74) is 1.02. The van der Waals surface area contributed by atoms with E-state index in [1.165, 1.54) is 0 Å². The number of hydrogen-bond acceptors (Lipinski definition) is 3. The van der Waals surface area contributed by atoms with Crippen molar-refractivity contribution in [2.75, 3.05) is 6.61 Å². The van der Waals surface area contributed by atoms with Gasteiger partial charge >= 0.3 is 0 Å². The average molecular weight is 165 g/mol. The Balaban J connectivity index is 2.56. The van der Waals surface area contributed by atoms with Gasteiger partial charge in [0.25, 0.3) is 0 Å². The van der Waals surface area contributed by atoms with Gasteiger partial charge in [0.2, 0.25) is 0 Å². The maximum atomic E-state index is 10.1. The van der Waals surface area contributed by atoms with Gasteiger partial charge in [0.05, 0.1) is 6.61 Å². The first-order chi connectivity index (χ1) is 5.86. The Morgan fingerprint density at radius 1 is 1.33 bits per heavy atom. The second-order valence-electron chi connectivity index (χ2n) is 2.63. The van der Waals surface area contributed by atoms with Crippen LogP contribution in [0.25, 0.3) is 0 Å². The zero-order valence-electron chi connectivity index (χ0n) is 6.68. The highest BCUT2D eigenvalue weighted by Gasteiger charge is 2.06. The number of rotatable bonds is 4. The van der Waals surface area contributed by atoms with Crippen molar-refractivity contribution in [2.24, 2.45) is 5.18 Å². The maximum Gasteiger partial charge on any atom is 0.119 e. The van der Waals surface area contributed by atoms with Crippen LogP contribution >= 0.6 is 0 Å². The monoisotopic (exact) mass is 165 g/mol. The highest BCUT2D eigenvalue weighted by Crippen LogP contribution is 2.04. The van der Waals surface area contributed by atoms with Gasteiger partial charge in [-0.05, 0) is 5.56 Å². The largest absolute Gasteiger partial charge is 0.394 e. The van der Waals surface area contributed by atoms with Crippen LogP contribution in [-0.2, 0) is 6.42 Å². The van der Waals surface area contributed by atoms with Gasteiger partial charge in [-0.15, -0.1) is 0 Å². The lowest BCUT2D eigenvalue weighted by Gasteiger charge is -2.03. The highest BCUT2D eigenvalue weighted by molar-refractivity contribution is 5.15. The summed E-state index contributed by atoms with van der Waals surface area (Å²) in [5.74, 6) is 0. The third-order valence-corrected chi connectivity index (χ3v) is 1.67. The van der Waals surface area contributed by atoms with Crippen LogP contribution in [0.5, 0.6) is 0 Å². The fourth-order valence-corrected chi connectivity index (χ4v) is 1.02. The maximum absolute atomic E-state index is 10.1. The quantitative estimate of drug-likeness (QED) is 0.685. The molecule has 1 N–H and O–H groups in total. The molecule has 1 rings (SSSR count). The average Bonchev–Trinajstić information content (AvgIpc) is 2.16. The topological polar surface area (TPSA) is 49.7 Å². The molecule has 0 aliphatic carbocycles. The minimum absolute atomic E-state index is 0.182. The van der Waals surface area contributed by atoms with Gasteiger partial charge in [0, 0.05) is 6.42 Å². The lowest BCUT2D eigenvalue weighted by molar-refractivity contribution is 0.265. The van der Waals surface area contributed by atoms with Crippen molar-refractivity contribution in [3.05, 3.63) is 40.8 Å². The number of benzene rings is 1. The molecule has 1 atom stereocenters. The molecule has 0 aromatic heterocycles. The SMILES string of the molecule is O=N[C@H](CO)Cc1ccccc1. The minimum Gasteiger partial charge on any atom is -0.394 e. The first-order valence-corrected chi connectivity index (χ1v) is 3.84. The number of aliphatic hydroxyl groups excluding tert-OH is 1. The summed E-state index contributed by atoms with van der Waals surface area (Å²) in [6.07, 6.45) is 0.515. The smallest absolute Gasteiger partial charge is 0.119 e. The van der Waals surface area contributed by atoms with E-state index in [2.05, 4.69) is 5.18 Å². The summed E-state index contributed by atoms with van der Waals surface area (Å²) in [7, 11) is 0. The van der Waals surface area contributed by atoms with Crippen LogP contribution < -0.4 is 0 Å². The predicted octanol–water partition coefficient (Wildman–Crippen LogP) is 1.36. The molecule has 0 heterocycles. The second-order valence-corrected chi connectivity index (χ2v) is 2.63. The minimum atomic E-state index is -0.507. The van der Waals surface area contributed by atoms with Crippen molar-refractivity contribution in [3.63, 3.8) is 0 Å². The first-order valence-electron chi connectivity index (χ1n) is 3.84. The van der Waals surface area contributed by atoms with Gasteiger partial charge in [0.15, 0.2) is 0 Å². The van der Waals surface area contributed by atoms with E-state index < -0.39 is 6.04 Å². The summed E-state index contributed by atoms with van der Waals surface area (Å²) in [6, 6.07) is 9.02. The van der Waals surface area contributed by atoms with Crippen LogP contribution in [0, 0.1) is 4.91 Å². The van der Waals surface area contributed by atoms with E-state index in [4.69, 9.17) is 5.11 Å². The number of aliphatic hydroxyl groups is 1. The normalized spacial score (nSPS) is 12.4. The predicted molar refractivity (Wildman–Crippen MR) is 46.8 cm³/mol.